The van der Waals surface area contributed by atoms with Gasteiger partial charge in [0, 0.05) is 5.41 Å². The molecule has 0 aromatic heterocycles. The number of carbonyl (C=O) groups excluding carboxylic acids is 2. The van der Waals surface area contributed by atoms with Crippen LogP contribution in [0.25, 0.3) is 0 Å². The molecular weight excluding hydrogens is 580 g/mol. The van der Waals surface area contributed by atoms with Crippen LogP contribution >= 0.6 is 0 Å². The largest absolute Gasteiger partial charge is 0.491 e. The van der Waals surface area contributed by atoms with E-state index in [9.17, 15) is 9.59 Å². The zero-order valence-corrected chi connectivity index (χ0v) is 27.8. The number of ether oxygens (including phenoxy) is 8. The van der Waals surface area contributed by atoms with Gasteiger partial charge < -0.3 is 37.9 Å². The summed E-state index contributed by atoms with van der Waals surface area (Å²) in [7, 11) is 0. The van der Waals surface area contributed by atoms with Crippen LogP contribution in [0.4, 0.5) is 0 Å². The summed E-state index contributed by atoms with van der Waals surface area (Å²) in [6, 6.07) is 16.2. The number of benzene rings is 2. The Morgan fingerprint density at radius 1 is 0.489 bits per heavy atom. The quantitative estimate of drug-likeness (QED) is 0.113. The second-order valence-electron chi connectivity index (χ2n) is 11.5. The molecule has 0 aliphatic rings. The Morgan fingerprint density at radius 3 is 1.09 bits per heavy atom. The molecule has 2 rings (SSSR count). The number of hydrogen-bond acceptors (Lipinski definition) is 10. The van der Waals surface area contributed by atoms with Gasteiger partial charge in [-0.05, 0) is 35.4 Å². The van der Waals surface area contributed by atoms with Crippen molar-refractivity contribution < 1.29 is 47.5 Å². The molecular formula is C35H52O10. The molecule has 0 saturated heterocycles. The van der Waals surface area contributed by atoms with Gasteiger partial charge in [-0.15, -0.1) is 0 Å². The number of hydrogen-bond donors (Lipinski definition) is 0. The molecule has 0 unspecified atom stereocenters. The van der Waals surface area contributed by atoms with E-state index < -0.39 is 0 Å². The summed E-state index contributed by atoms with van der Waals surface area (Å²) in [5.41, 5.74) is 2.14. The molecule has 0 amide bonds. The van der Waals surface area contributed by atoms with E-state index in [4.69, 9.17) is 37.9 Å². The summed E-state index contributed by atoms with van der Waals surface area (Å²) in [6.45, 7) is 16.3. The Balaban J connectivity index is 1.58. The summed E-state index contributed by atoms with van der Waals surface area (Å²) >= 11 is 0. The van der Waals surface area contributed by atoms with E-state index in [1.807, 2.05) is 24.3 Å². The predicted octanol–water partition coefficient (Wildman–Crippen LogP) is 5.23. The van der Waals surface area contributed by atoms with E-state index in [-0.39, 0.29) is 42.4 Å². The lowest BCUT2D eigenvalue weighted by Gasteiger charge is -2.26. The minimum atomic E-state index is -0.220. The van der Waals surface area contributed by atoms with E-state index in [2.05, 4.69) is 38.1 Å². The van der Waals surface area contributed by atoms with Gasteiger partial charge in [-0.3, -0.25) is 9.59 Å². The molecule has 252 valence electrons. The molecule has 2 aromatic carbocycles. The van der Waals surface area contributed by atoms with Crippen molar-refractivity contribution in [2.75, 3.05) is 79.3 Å². The number of carbonyl (C=O) groups is 2. The molecule has 0 atom stereocenters. The van der Waals surface area contributed by atoms with Crippen molar-refractivity contribution in [2.45, 2.75) is 47.0 Å². The lowest BCUT2D eigenvalue weighted by Crippen LogP contribution is -2.19. The Morgan fingerprint density at radius 2 is 0.778 bits per heavy atom. The second kappa shape index (κ2) is 21.5. The Labute approximate surface area is 268 Å². The minimum absolute atomic E-state index is 0.132. The normalized spacial score (nSPS) is 11.6. The van der Waals surface area contributed by atoms with Crippen LogP contribution in [-0.4, -0.2) is 91.2 Å². The van der Waals surface area contributed by atoms with Gasteiger partial charge >= 0.3 is 11.9 Å². The van der Waals surface area contributed by atoms with E-state index in [0.29, 0.717) is 66.1 Å². The van der Waals surface area contributed by atoms with Crippen LogP contribution in [0, 0.1) is 11.8 Å². The topological polar surface area (TPSA) is 108 Å². The fourth-order valence-electron chi connectivity index (χ4n) is 3.92. The van der Waals surface area contributed by atoms with Gasteiger partial charge in [0.15, 0.2) is 0 Å². The number of esters is 2. The predicted molar refractivity (Wildman–Crippen MR) is 171 cm³/mol. The van der Waals surface area contributed by atoms with Crippen molar-refractivity contribution in [1.29, 1.82) is 0 Å². The van der Waals surface area contributed by atoms with Crippen molar-refractivity contribution in [3.8, 4) is 11.5 Å². The van der Waals surface area contributed by atoms with Crippen LogP contribution in [0.3, 0.4) is 0 Å². The highest BCUT2D eigenvalue weighted by molar-refractivity contribution is 5.71. The Hall–Kier alpha value is -3.18. The molecule has 0 aliphatic carbocycles. The maximum Gasteiger partial charge on any atom is 0.308 e. The molecule has 45 heavy (non-hydrogen) atoms. The highest BCUT2D eigenvalue weighted by Crippen LogP contribution is 2.33. The standard InChI is InChI=1S/C35H52O10/c1-27(2)33(36)44-25-21-40-17-15-38-19-23-42-31-11-7-29(8-12-31)35(5,6)30-9-13-32(14-10-30)43-24-20-39-16-18-41-22-26-45-34(37)28(3)4/h7-14,27-28H,15-26H2,1-6H3. The maximum absolute atomic E-state index is 11.4. The van der Waals surface area contributed by atoms with Gasteiger partial charge in [-0.25, -0.2) is 0 Å². The van der Waals surface area contributed by atoms with Gasteiger partial charge in [0.05, 0.1) is 64.7 Å². The summed E-state index contributed by atoms with van der Waals surface area (Å²) in [5.74, 6) is 0.864. The van der Waals surface area contributed by atoms with Crippen LogP contribution in [0.15, 0.2) is 48.5 Å². The Bertz CT molecular complexity index is 995. The summed E-state index contributed by atoms with van der Waals surface area (Å²) in [6.07, 6.45) is 0. The third-order valence-electron chi connectivity index (χ3n) is 6.78. The maximum atomic E-state index is 11.4. The SMILES string of the molecule is CC(C)C(=O)OCCOCCOCCOc1ccc(C(C)(C)c2ccc(OCCOCCOCCOC(=O)C(C)C)cc2)cc1. The fraction of sp³-hybridized carbons (Fsp3) is 0.600. The van der Waals surface area contributed by atoms with Gasteiger partial charge in [0.1, 0.15) is 37.9 Å². The van der Waals surface area contributed by atoms with Crippen LogP contribution in [0.2, 0.25) is 0 Å². The number of rotatable bonds is 24. The summed E-state index contributed by atoms with van der Waals surface area (Å²) in [4.78, 5) is 22.7. The van der Waals surface area contributed by atoms with Crippen molar-refractivity contribution in [2.24, 2.45) is 11.8 Å². The molecule has 0 spiro atoms. The van der Waals surface area contributed by atoms with Gasteiger partial charge in [0.25, 0.3) is 0 Å². The monoisotopic (exact) mass is 632 g/mol. The first kappa shape index (κ1) is 38.0. The lowest BCUT2D eigenvalue weighted by molar-refractivity contribution is -0.149. The lowest BCUT2D eigenvalue weighted by atomic mass is 9.78. The average molecular weight is 633 g/mol. The molecule has 2 aromatic rings. The molecule has 0 heterocycles. The zero-order chi connectivity index (χ0) is 32.9. The third-order valence-corrected chi connectivity index (χ3v) is 6.78. The first-order valence-electron chi connectivity index (χ1n) is 15.7. The van der Waals surface area contributed by atoms with E-state index in [0.717, 1.165) is 11.5 Å². The fourth-order valence-corrected chi connectivity index (χ4v) is 3.92. The second-order valence-corrected chi connectivity index (χ2v) is 11.5. The molecule has 0 aliphatic heterocycles. The highest BCUT2D eigenvalue weighted by Gasteiger charge is 2.23. The van der Waals surface area contributed by atoms with Gasteiger partial charge in [-0.2, -0.15) is 0 Å². The smallest absolute Gasteiger partial charge is 0.308 e. The molecule has 0 bridgehead atoms. The van der Waals surface area contributed by atoms with Gasteiger partial charge in [-0.1, -0.05) is 65.8 Å². The van der Waals surface area contributed by atoms with Crippen molar-refractivity contribution in [3.63, 3.8) is 0 Å². The highest BCUT2D eigenvalue weighted by atomic mass is 16.6. The zero-order valence-electron chi connectivity index (χ0n) is 27.8. The van der Waals surface area contributed by atoms with Crippen molar-refractivity contribution >= 4 is 11.9 Å². The minimum Gasteiger partial charge on any atom is -0.491 e. The first-order valence-corrected chi connectivity index (χ1v) is 15.7. The van der Waals surface area contributed by atoms with Crippen LogP contribution < -0.4 is 9.47 Å². The summed E-state index contributed by atoms with van der Waals surface area (Å²) in [5, 5.41) is 0. The molecule has 0 N–H and O–H groups in total. The molecule has 0 saturated carbocycles. The third kappa shape index (κ3) is 15.6. The summed E-state index contributed by atoms with van der Waals surface area (Å²) < 4.78 is 43.6. The molecule has 10 heteroatoms. The first-order chi connectivity index (χ1) is 21.6. The Kier molecular flexibility index (Phi) is 18.2. The molecule has 0 fully saturated rings. The van der Waals surface area contributed by atoms with Crippen LogP contribution in [0.1, 0.15) is 52.7 Å². The van der Waals surface area contributed by atoms with E-state index in [1.54, 1.807) is 27.7 Å². The van der Waals surface area contributed by atoms with Crippen LogP contribution in [-0.2, 0) is 43.4 Å². The van der Waals surface area contributed by atoms with E-state index >= 15 is 0 Å². The van der Waals surface area contributed by atoms with Crippen LogP contribution in [0.5, 0.6) is 11.5 Å². The van der Waals surface area contributed by atoms with Gasteiger partial charge in [0.2, 0.25) is 0 Å². The van der Waals surface area contributed by atoms with Crippen molar-refractivity contribution in [3.05, 3.63) is 59.7 Å². The average Bonchev–Trinajstić information content (AvgIpc) is 3.02. The molecule has 0 radical (unpaired) electrons. The van der Waals surface area contributed by atoms with E-state index in [1.165, 1.54) is 11.1 Å². The molecule has 10 nitrogen and oxygen atoms in total. The van der Waals surface area contributed by atoms with Crippen molar-refractivity contribution in [1.82, 2.24) is 0 Å².